The van der Waals surface area contributed by atoms with Gasteiger partial charge >= 0.3 is 5.97 Å². The molecule has 1 aromatic carbocycles. The molecule has 1 unspecified atom stereocenters. The monoisotopic (exact) mass is 577 g/mol. The first-order valence-corrected chi connectivity index (χ1v) is 13.7. The zero-order valence-corrected chi connectivity index (χ0v) is 21.4. The molecule has 0 aliphatic carbocycles. The molecule has 4 rings (SSSR count). The number of amides is 1. The number of ether oxygens (including phenoxy) is 1. The number of methoxy groups -OCH3 is 1. The maximum absolute atomic E-state index is 13.1. The molecule has 1 fully saturated rings. The molecule has 170 valence electrons. The van der Waals surface area contributed by atoms with Gasteiger partial charge in [0.05, 0.1) is 21.7 Å². The van der Waals surface area contributed by atoms with E-state index in [1.165, 1.54) is 34.9 Å². The number of carbonyl (C=O) groups excluding carboxylic acids is 2. The van der Waals surface area contributed by atoms with E-state index < -0.39 is 27.9 Å². The third kappa shape index (κ3) is 4.57. The van der Waals surface area contributed by atoms with E-state index in [-0.39, 0.29) is 17.3 Å². The largest absolute Gasteiger partial charge is 0.468 e. The van der Waals surface area contributed by atoms with Crippen molar-refractivity contribution < 1.29 is 22.7 Å². The van der Waals surface area contributed by atoms with Gasteiger partial charge in [-0.05, 0) is 43.2 Å². The Morgan fingerprint density at radius 3 is 2.75 bits per heavy atom. The molecule has 8 nitrogen and oxygen atoms in total. The highest BCUT2D eigenvalue weighted by Crippen LogP contribution is 2.32. The van der Waals surface area contributed by atoms with Crippen molar-refractivity contribution >= 4 is 82.3 Å². The number of hydrogen-bond donors (Lipinski definition) is 0. The van der Waals surface area contributed by atoms with E-state index in [4.69, 9.17) is 16.3 Å². The number of sulfonamides is 1. The normalized spacial score (nSPS) is 17.8. The summed E-state index contributed by atoms with van der Waals surface area (Å²) in [6.07, 6.45) is 0.917. The van der Waals surface area contributed by atoms with Crippen molar-refractivity contribution in [2.75, 3.05) is 13.7 Å². The van der Waals surface area contributed by atoms with E-state index in [1.807, 2.05) is 18.2 Å². The zero-order chi connectivity index (χ0) is 23.0. The van der Waals surface area contributed by atoms with Crippen LogP contribution >= 0.6 is 50.2 Å². The maximum Gasteiger partial charge on any atom is 0.325 e. The molecule has 1 aliphatic heterocycles. The number of rotatable bonds is 5. The van der Waals surface area contributed by atoms with Gasteiger partial charge in [0.1, 0.15) is 16.8 Å². The first-order chi connectivity index (χ1) is 15.2. The average Bonchev–Trinajstić information content (AvgIpc) is 3.47. The Hall–Kier alpha value is -1.57. The molecule has 1 saturated heterocycles. The molecule has 1 amide bonds. The van der Waals surface area contributed by atoms with Crippen molar-refractivity contribution in [3.05, 3.63) is 43.9 Å². The second kappa shape index (κ2) is 9.35. The average molecular weight is 579 g/mol. The second-order valence-electron chi connectivity index (χ2n) is 6.94. The molecule has 0 radical (unpaired) electrons. The summed E-state index contributed by atoms with van der Waals surface area (Å²) in [5.41, 5.74) is 0.722. The minimum absolute atomic E-state index is 0.0923. The number of halogens is 2. The number of carbonyl (C=O) groups is 2. The van der Waals surface area contributed by atoms with Crippen LogP contribution in [-0.2, 0) is 30.9 Å². The number of nitrogens with zero attached hydrogens (tertiary/aromatic N) is 3. The topological polar surface area (TPSA) is 98.0 Å². The van der Waals surface area contributed by atoms with Crippen molar-refractivity contribution in [3.63, 3.8) is 0 Å². The highest BCUT2D eigenvalue weighted by atomic mass is 79.9. The lowest BCUT2D eigenvalue weighted by Gasteiger charge is -2.20. The molecule has 1 aliphatic rings. The van der Waals surface area contributed by atoms with Gasteiger partial charge in [0.2, 0.25) is 0 Å². The first kappa shape index (κ1) is 23.6. The molecule has 0 bridgehead atoms. The molecule has 1 atom stereocenters. The number of esters is 1. The lowest BCUT2D eigenvalue weighted by atomic mass is 10.2. The number of aromatic nitrogens is 1. The van der Waals surface area contributed by atoms with Crippen LogP contribution < -0.4 is 4.80 Å². The summed E-state index contributed by atoms with van der Waals surface area (Å²) >= 11 is 11.5. The fourth-order valence-corrected chi connectivity index (χ4v) is 8.32. The lowest BCUT2D eigenvalue weighted by molar-refractivity contribution is -0.141. The van der Waals surface area contributed by atoms with Gasteiger partial charge in [0.25, 0.3) is 15.9 Å². The van der Waals surface area contributed by atoms with Crippen LogP contribution in [0.25, 0.3) is 10.2 Å². The van der Waals surface area contributed by atoms with Gasteiger partial charge in [-0.3, -0.25) is 9.59 Å². The Morgan fingerprint density at radius 2 is 2.06 bits per heavy atom. The van der Waals surface area contributed by atoms with E-state index >= 15 is 0 Å². The van der Waals surface area contributed by atoms with Crippen LogP contribution in [0.4, 0.5) is 0 Å². The van der Waals surface area contributed by atoms with Crippen LogP contribution in [0.3, 0.4) is 0 Å². The summed E-state index contributed by atoms with van der Waals surface area (Å²) in [7, 11) is -2.58. The molecule has 3 heterocycles. The highest BCUT2D eigenvalue weighted by molar-refractivity contribution is 9.10. The van der Waals surface area contributed by atoms with Gasteiger partial charge in [0.15, 0.2) is 4.80 Å². The standard InChI is InChI=1S/C19H17BrClN3O5S3/c1-29-16(25)10-23-12-5-4-11(20)9-14(12)30-19(23)22-18(26)13-3-2-8-24(13)32(27,28)17-7-6-15(21)31-17/h4-7,9,13H,2-3,8,10H2,1H3. The minimum Gasteiger partial charge on any atom is -0.468 e. The fraction of sp³-hybridized carbons (Fsp3) is 0.316. The van der Waals surface area contributed by atoms with Crippen molar-refractivity contribution in [2.24, 2.45) is 4.99 Å². The predicted molar refractivity (Wildman–Crippen MR) is 126 cm³/mol. The minimum atomic E-state index is -3.86. The zero-order valence-electron chi connectivity index (χ0n) is 16.7. The van der Waals surface area contributed by atoms with Gasteiger partial charge in [-0.1, -0.05) is 38.9 Å². The third-order valence-electron chi connectivity index (χ3n) is 4.97. The van der Waals surface area contributed by atoms with Crippen LogP contribution in [0.2, 0.25) is 4.34 Å². The van der Waals surface area contributed by atoms with E-state index in [0.717, 1.165) is 26.0 Å². The van der Waals surface area contributed by atoms with Crippen molar-refractivity contribution in [1.82, 2.24) is 8.87 Å². The smallest absolute Gasteiger partial charge is 0.325 e. The number of thiazole rings is 1. The molecular weight excluding hydrogens is 562 g/mol. The van der Waals surface area contributed by atoms with Gasteiger partial charge < -0.3 is 9.30 Å². The Balaban J connectivity index is 1.74. The summed E-state index contributed by atoms with van der Waals surface area (Å²) < 4.78 is 35.8. The van der Waals surface area contributed by atoms with E-state index in [9.17, 15) is 18.0 Å². The SMILES string of the molecule is COC(=O)Cn1c(=NC(=O)C2CCCN2S(=O)(=O)c2ccc(Cl)s2)sc2cc(Br)ccc21. The van der Waals surface area contributed by atoms with Gasteiger partial charge in [-0.15, -0.1) is 11.3 Å². The lowest BCUT2D eigenvalue weighted by Crippen LogP contribution is -2.40. The quantitative estimate of drug-likeness (QED) is 0.431. The number of benzene rings is 1. The Morgan fingerprint density at radius 1 is 1.28 bits per heavy atom. The van der Waals surface area contributed by atoms with Gasteiger partial charge in [-0.2, -0.15) is 9.30 Å². The van der Waals surface area contributed by atoms with Crippen LogP contribution in [-0.4, -0.2) is 48.9 Å². The summed E-state index contributed by atoms with van der Waals surface area (Å²) in [6, 6.07) is 7.55. The molecule has 13 heteroatoms. The molecule has 3 aromatic rings. The van der Waals surface area contributed by atoms with E-state index in [1.54, 1.807) is 4.57 Å². The number of hydrogen-bond acceptors (Lipinski definition) is 7. The van der Waals surface area contributed by atoms with E-state index in [0.29, 0.717) is 22.0 Å². The maximum atomic E-state index is 13.1. The molecule has 0 N–H and O–H groups in total. The molecule has 0 saturated carbocycles. The summed E-state index contributed by atoms with van der Waals surface area (Å²) in [5.74, 6) is -1.06. The molecule has 2 aromatic heterocycles. The first-order valence-electron chi connectivity index (χ1n) is 9.42. The Bertz CT molecular complexity index is 1380. The Labute approximate surface area is 205 Å². The van der Waals surface area contributed by atoms with Crippen LogP contribution in [0.1, 0.15) is 12.8 Å². The summed E-state index contributed by atoms with van der Waals surface area (Å²) in [6.45, 7) is 0.107. The van der Waals surface area contributed by atoms with Crippen molar-refractivity contribution in [3.8, 4) is 0 Å². The molecule has 0 spiro atoms. The summed E-state index contributed by atoms with van der Waals surface area (Å²) in [5, 5.41) is 0. The van der Waals surface area contributed by atoms with Crippen molar-refractivity contribution in [2.45, 2.75) is 29.6 Å². The predicted octanol–water partition coefficient (Wildman–Crippen LogP) is 3.63. The summed E-state index contributed by atoms with van der Waals surface area (Å²) in [4.78, 5) is 29.6. The third-order valence-corrected chi connectivity index (χ3v) is 10.1. The number of fused-ring (bicyclic) bond motifs is 1. The Kier molecular flexibility index (Phi) is 6.89. The van der Waals surface area contributed by atoms with Crippen LogP contribution in [0.15, 0.2) is 44.0 Å². The highest BCUT2D eigenvalue weighted by Gasteiger charge is 2.40. The van der Waals surface area contributed by atoms with Crippen molar-refractivity contribution in [1.29, 1.82) is 0 Å². The van der Waals surface area contributed by atoms with Crippen LogP contribution in [0.5, 0.6) is 0 Å². The van der Waals surface area contributed by atoms with Gasteiger partial charge in [-0.25, -0.2) is 8.42 Å². The van der Waals surface area contributed by atoms with E-state index in [2.05, 4.69) is 20.9 Å². The molecule has 32 heavy (non-hydrogen) atoms. The van der Waals surface area contributed by atoms with Crippen LogP contribution in [0, 0.1) is 0 Å². The molecular formula is C19H17BrClN3O5S3. The fourth-order valence-electron chi connectivity index (χ4n) is 3.47. The van der Waals surface area contributed by atoms with Gasteiger partial charge in [0, 0.05) is 11.0 Å². The number of thiophene rings is 1. The second-order valence-corrected chi connectivity index (χ2v) is 12.7.